The van der Waals surface area contributed by atoms with Crippen LogP contribution in [-0.4, -0.2) is 18.3 Å². The largest absolute Gasteiger partial charge is 0.492 e. The summed E-state index contributed by atoms with van der Waals surface area (Å²) in [5.41, 5.74) is 0. The van der Waals surface area contributed by atoms with Gasteiger partial charge in [0.25, 0.3) is 0 Å². The maximum atomic E-state index is 8.59. The van der Waals surface area contributed by atoms with Crippen LogP contribution in [0, 0.1) is 0 Å². The van der Waals surface area contributed by atoms with E-state index in [0.29, 0.717) is 6.61 Å². The summed E-state index contributed by atoms with van der Waals surface area (Å²) in [4.78, 5) is 0. The van der Waals surface area contributed by atoms with Crippen LogP contribution in [0.2, 0.25) is 0 Å². The maximum absolute atomic E-state index is 8.59. The highest BCUT2D eigenvalue weighted by Crippen LogP contribution is 2.28. The fraction of sp³-hybridized carbons (Fsp3) is 0.400. The zero-order valence-corrected chi connectivity index (χ0v) is 10.8. The molecule has 1 aromatic rings. The molecule has 78 valence electrons. The minimum absolute atomic E-state index is 0.225. The van der Waals surface area contributed by atoms with Crippen LogP contribution in [-0.2, 0) is 0 Å². The number of hydrogen-bond acceptors (Lipinski definition) is 2. The maximum Gasteiger partial charge on any atom is 0.134 e. The molecule has 0 amide bonds. The van der Waals surface area contributed by atoms with Crippen LogP contribution in [0.4, 0.5) is 0 Å². The normalized spacial score (nSPS) is 10.2. The van der Waals surface area contributed by atoms with Gasteiger partial charge >= 0.3 is 0 Å². The Morgan fingerprint density at radius 3 is 2.71 bits per heavy atom. The van der Waals surface area contributed by atoms with Crippen molar-refractivity contribution < 1.29 is 9.84 Å². The molecular weight excluding hydrogens is 312 g/mol. The molecule has 1 N–H and O–H groups in total. The zero-order valence-electron chi connectivity index (χ0n) is 7.67. The summed E-state index contributed by atoms with van der Waals surface area (Å²) < 4.78 is 7.48. The van der Waals surface area contributed by atoms with Crippen molar-refractivity contribution in [1.82, 2.24) is 0 Å². The molecule has 2 nitrogen and oxygen atoms in total. The third kappa shape index (κ3) is 3.98. The fourth-order valence-corrected chi connectivity index (χ4v) is 1.68. The highest BCUT2D eigenvalue weighted by atomic mass is 79.9. The van der Waals surface area contributed by atoms with Gasteiger partial charge in [0.1, 0.15) is 5.75 Å². The summed E-state index contributed by atoms with van der Waals surface area (Å²) in [6.45, 7) is 0.860. The second-order valence-corrected chi connectivity index (χ2v) is 4.62. The van der Waals surface area contributed by atoms with E-state index < -0.39 is 0 Å². The molecule has 0 heterocycles. The smallest absolute Gasteiger partial charge is 0.134 e. The Morgan fingerprint density at radius 1 is 1.21 bits per heavy atom. The van der Waals surface area contributed by atoms with Gasteiger partial charge in [0, 0.05) is 11.1 Å². The predicted octanol–water partition coefficient (Wildman–Crippen LogP) is 3.36. The van der Waals surface area contributed by atoms with E-state index >= 15 is 0 Å². The topological polar surface area (TPSA) is 29.5 Å². The van der Waals surface area contributed by atoms with Crippen LogP contribution < -0.4 is 4.74 Å². The molecule has 0 radical (unpaired) electrons. The van der Waals surface area contributed by atoms with Crippen LogP contribution in [0.3, 0.4) is 0 Å². The van der Waals surface area contributed by atoms with Crippen molar-refractivity contribution in [3.05, 3.63) is 27.1 Å². The number of rotatable bonds is 5. The first-order chi connectivity index (χ1) is 6.74. The number of benzene rings is 1. The lowest BCUT2D eigenvalue weighted by Crippen LogP contribution is -1.99. The summed E-state index contributed by atoms with van der Waals surface area (Å²) in [5.74, 6) is 0.831. The van der Waals surface area contributed by atoms with Gasteiger partial charge < -0.3 is 9.84 Å². The SMILES string of the molecule is OCCCCOc1cc(Br)ccc1Br. The molecule has 0 fully saturated rings. The first-order valence-electron chi connectivity index (χ1n) is 4.43. The number of ether oxygens (including phenoxy) is 1. The second kappa shape index (κ2) is 6.43. The number of halogens is 2. The van der Waals surface area contributed by atoms with Crippen molar-refractivity contribution in [1.29, 1.82) is 0 Å². The molecule has 0 saturated carbocycles. The summed E-state index contributed by atoms with van der Waals surface area (Å²) in [7, 11) is 0. The lowest BCUT2D eigenvalue weighted by atomic mass is 10.3. The van der Waals surface area contributed by atoms with E-state index in [4.69, 9.17) is 9.84 Å². The van der Waals surface area contributed by atoms with Crippen molar-refractivity contribution in [3.8, 4) is 5.75 Å². The van der Waals surface area contributed by atoms with Crippen molar-refractivity contribution in [2.45, 2.75) is 12.8 Å². The zero-order chi connectivity index (χ0) is 10.4. The minimum atomic E-state index is 0.225. The van der Waals surface area contributed by atoms with Gasteiger partial charge in [-0.15, -0.1) is 0 Å². The molecule has 0 unspecified atom stereocenters. The molecule has 0 aromatic heterocycles. The predicted molar refractivity (Wildman–Crippen MR) is 63.7 cm³/mol. The molecular formula is C10H12Br2O2. The standard InChI is InChI=1S/C10H12Br2O2/c11-8-3-4-9(12)10(7-8)14-6-2-1-5-13/h3-4,7,13H,1-2,5-6H2. The number of aliphatic hydroxyl groups is 1. The molecule has 4 heteroatoms. The van der Waals surface area contributed by atoms with E-state index in [9.17, 15) is 0 Å². The quantitative estimate of drug-likeness (QED) is 0.842. The summed E-state index contributed by atoms with van der Waals surface area (Å²) in [5, 5.41) is 8.59. The van der Waals surface area contributed by atoms with Crippen LogP contribution in [0.15, 0.2) is 27.1 Å². The van der Waals surface area contributed by atoms with E-state index in [1.54, 1.807) is 0 Å². The van der Waals surface area contributed by atoms with Gasteiger partial charge in [-0.2, -0.15) is 0 Å². The number of hydrogen-bond donors (Lipinski definition) is 1. The van der Waals surface area contributed by atoms with E-state index in [-0.39, 0.29) is 6.61 Å². The number of unbranched alkanes of at least 4 members (excludes halogenated alkanes) is 1. The first kappa shape index (κ1) is 12.0. The van der Waals surface area contributed by atoms with E-state index in [1.165, 1.54) is 0 Å². The Morgan fingerprint density at radius 2 is 2.00 bits per heavy atom. The monoisotopic (exact) mass is 322 g/mol. The van der Waals surface area contributed by atoms with Gasteiger partial charge in [0.15, 0.2) is 0 Å². The van der Waals surface area contributed by atoms with Crippen LogP contribution in [0.25, 0.3) is 0 Å². The van der Waals surface area contributed by atoms with Crippen molar-refractivity contribution >= 4 is 31.9 Å². The fourth-order valence-electron chi connectivity index (χ4n) is 0.984. The summed E-state index contributed by atoms with van der Waals surface area (Å²) >= 11 is 6.78. The van der Waals surface area contributed by atoms with Gasteiger partial charge in [-0.3, -0.25) is 0 Å². The van der Waals surface area contributed by atoms with E-state index in [0.717, 1.165) is 27.5 Å². The second-order valence-electron chi connectivity index (χ2n) is 2.85. The Hall–Kier alpha value is -0.0600. The van der Waals surface area contributed by atoms with Gasteiger partial charge in [-0.1, -0.05) is 15.9 Å². The molecule has 0 bridgehead atoms. The Kier molecular flexibility index (Phi) is 5.52. The minimum Gasteiger partial charge on any atom is -0.492 e. The molecule has 0 aliphatic rings. The van der Waals surface area contributed by atoms with E-state index in [2.05, 4.69) is 31.9 Å². The van der Waals surface area contributed by atoms with Gasteiger partial charge in [-0.05, 0) is 47.0 Å². The molecule has 1 aromatic carbocycles. The third-order valence-corrected chi connectivity index (χ3v) is 2.85. The highest BCUT2D eigenvalue weighted by molar-refractivity contribution is 9.11. The lowest BCUT2D eigenvalue weighted by molar-refractivity contribution is 0.252. The number of aliphatic hydroxyl groups excluding tert-OH is 1. The Labute approximate surface area is 101 Å². The van der Waals surface area contributed by atoms with Gasteiger partial charge in [0.2, 0.25) is 0 Å². The Bertz CT molecular complexity index is 289. The molecule has 0 aliphatic carbocycles. The average molecular weight is 324 g/mol. The molecule has 1 rings (SSSR count). The summed E-state index contributed by atoms with van der Waals surface area (Å²) in [6.07, 6.45) is 1.65. The highest BCUT2D eigenvalue weighted by Gasteiger charge is 2.00. The van der Waals surface area contributed by atoms with Crippen molar-refractivity contribution in [3.63, 3.8) is 0 Å². The Balaban J connectivity index is 2.45. The van der Waals surface area contributed by atoms with Crippen LogP contribution in [0.1, 0.15) is 12.8 Å². The molecule has 0 spiro atoms. The van der Waals surface area contributed by atoms with E-state index in [1.807, 2.05) is 18.2 Å². The van der Waals surface area contributed by atoms with Crippen LogP contribution in [0.5, 0.6) is 5.75 Å². The third-order valence-electron chi connectivity index (χ3n) is 1.70. The summed E-state index contributed by atoms with van der Waals surface area (Å²) in [6, 6.07) is 5.80. The lowest BCUT2D eigenvalue weighted by Gasteiger charge is -2.07. The molecule has 0 atom stereocenters. The van der Waals surface area contributed by atoms with Crippen LogP contribution >= 0.6 is 31.9 Å². The van der Waals surface area contributed by atoms with Crippen molar-refractivity contribution in [2.24, 2.45) is 0 Å². The van der Waals surface area contributed by atoms with Gasteiger partial charge in [-0.25, -0.2) is 0 Å². The molecule has 14 heavy (non-hydrogen) atoms. The first-order valence-corrected chi connectivity index (χ1v) is 6.01. The van der Waals surface area contributed by atoms with Crippen molar-refractivity contribution in [2.75, 3.05) is 13.2 Å². The molecule has 0 aliphatic heterocycles. The van der Waals surface area contributed by atoms with Gasteiger partial charge in [0.05, 0.1) is 11.1 Å². The molecule has 0 saturated heterocycles. The average Bonchev–Trinajstić information content (AvgIpc) is 2.18.